The van der Waals surface area contributed by atoms with Crippen LogP contribution in [0.5, 0.6) is 5.75 Å². The van der Waals surface area contributed by atoms with Crippen LogP contribution in [-0.4, -0.2) is 36.0 Å². The highest BCUT2D eigenvalue weighted by Crippen LogP contribution is 2.39. The number of rotatable bonds is 4. The quantitative estimate of drug-likeness (QED) is 0.280. The number of aromatic amines is 1. The number of H-pyrrole nitrogens is 1. The van der Waals surface area contributed by atoms with Crippen molar-refractivity contribution in [3.8, 4) is 28.5 Å². The first-order chi connectivity index (χ1) is 16.7. The van der Waals surface area contributed by atoms with Crippen LogP contribution >= 0.6 is 24.0 Å². The molecule has 4 aromatic rings. The molecule has 8 nitrogen and oxygen atoms in total. The molecule has 3 heterocycles. The summed E-state index contributed by atoms with van der Waals surface area (Å²) in [7, 11) is 0. The van der Waals surface area contributed by atoms with Gasteiger partial charge in [-0.2, -0.15) is 18.4 Å². The predicted molar refractivity (Wildman–Crippen MR) is 126 cm³/mol. The van der Waals surface area contributed by atoms with E-state index in [1.807, 2.05) is 0 Å². The second kappa shape index (κ2) is 8.67. The summed E-state index contributed by atoms with van der Waals surface area (Å²) in [5.74, 6) is 0.379. The number of hydrogen-bond acceptors (Lipinski definition) is 8. The zero-order chi connectivity index (χ0) is 24.7. The largest absolute Gasteiger partial charge is 0.507 e. The first kappa shape index (κ1) is 22.8. The molecule has 1 fully saturated rings. The monoisotopic (exact) mass is 515 g/mol. The van der Waals surface area contributed by atoms with Gasteiger partial charge in [-0.15, -0.1) is 10.2 Å². The Morgan fingerprint density at radius 2 is 1.97 bits per heavy atom. The van der Waals surface area contributed by atoms with Crippen LogP contribution in [0.3, 0.4) is 0 Å². The van der Waals surface area contributed by atoms with E-state index >= 15 is 0 Å². The fraction of sp³-hybridized carbons (Fsp3) is 0.0455. The number of phenols is 1. The van der Waals surface area contributed by atoms with Crippen LogP contribution in [0.2, 0.25) is 0 Å². The van der Waals surface area contributed by atoms with Gasteiger partial charge in [0.05, 0.1) is 21.7 Å². The van der Waals surface area contributed by atoms with Crippen molar-refractivity contribution in [3.05, 3.63) is 70.8 Å². The zero-order valence-electron chi connectivity index (χ0n) is 17.3. The van der Waals surface area contributed by atoms with Gasteiger partial charge in [-0.1, -0.05) is 30.0 Å². The topological polar surface area (TPSA) is 108 Å². The van der Waals surface area contributed by atoms with E-state index in [4.69, 9.17) is 16.6 Å². The molecule has 0 atom stereocenters. The van der Waals surface area contributed by atoms with Crippen LogP contribution in [0.1, 0.15) is 11.3 Å². The summed E-state index contributed by atoms with van der Waals surface area (Å²) >= 11 is 6.21. The molecule has 1 amide bonds. The van der Waals surface area contributed by atoms with Crippen molar-refractivity contribution in [1.29, 1.82) is 0 Å². The minimum absolute atomic E-state index is 0.0314. The van der Waals surface area contributed by atoms with Crippen molar-refractivity contribution >= 4 is 46.0 Å². The van der Waals surface area contributed by atoms with Gasteiger partial charge in [-0.3, -0.25) is 9.69 Å². The Labute approximate surface area is 204 Å². The number of nitrogens with one attached hydrogen (secondary N) is 1. The number of thiocarbonyl (C=S) groups is 1. The standard InChI is InChI=1S/C22H12F3N5O3S2/c23-22(24,25)12-2-1-3-13(9-12)30-20(32)18(35-21(30)34)10-14-5-7-17(33-14)11-4-6-16(31)15(8-11)19-26-28-29-27-19/h1-10,31H,(H,26,27,28,29)/b18-10-. The van der Waals surface area contributed by atoms with Crippen LogP contribution in [0, 0.1) is 0 Å². The maximum atomic E-state index is 13.1. The van der Waals surface area contributed by atoms with Crippen LogP contribution < -0.4 is 4.90 Å². The van der Waals surface area contributed by atoms with Crippen LogP contribution in [0.4, 0.5) is 18.9 Å². The number of carbonyl (C=O) groups excluding carboxylic acids is 1. The fourth-order valence-electron chi connectivity index (χ4n) is 3.37. The van der Waals surface area contributed by atoms with Gasteiger partial charge in [0, 0.05) is 11.6 Å². The molecule has 0 unspecified atom stereocenters. The number of amides is 1. The zero-order valence-corrected chi connectivity index (χ0v) is 18.9. The number of halogens is 3. The Morgan fingerprint density at radius 3 is 2.71 bits per heavy atom. The number of carbonyl (C=O) groups is 1. The Hall–Kier alpha value is -3.97. The van der Waals surface area contributed by atoms with Gasteiger partial charge < -0.3 is 9.52 Å². The first-order valence-electron chi connectivity index (χ1n) is 9.83. The third kappa shape index (κ3) is 4.42. The molecule has 13 heteroatoms. The summed E-state index contributed by atoms with van der Waals surface area (Å²) in [5, 5.41) is 23.6. The second-order valence-corrected chi connectivity index (χ2v) is 8.91. The lowest BCUT2D eigenvalue weighted by Crippen LogP contribution is -2.27. The Kier molecular flexibility index (Phi) is 5.65. The Morgan fingerprint density at radius 1 is 1.14 bits per heavy atom. The van der Waals surface area contributed by atoms with Gasteiger partial charge >= 0.3 is 6.18 Å². The molecule has 1 aliphatic heterocycles. The van der Waals surface area contributed by atoms with Crippen LogP contribution in [0.25, 0.3) is 28.8 Å². The summed E-state index contributed by atoms with van der Waals surface area (Å²) in [4.78, 5) is 14.2. The maximum absolute atomic E-state index is 13.1. The van der Waals surface area contributed by atoms with Crippen molar-refractivity contribution in [2.24, 2.45) is 0 Å². The normalized spacial score (nSPS) is 15.4. The molecule has 1 aliphatic rings. The van der Waals surface area contributed by atoms with E-state index in [1.54, 1.807) is 24.3 Å². The first-order valence-corrected chi connectivity index (χ1v) is 11.1. The van der Waals surface area contributed by atoms with E-state index in [0.717, 1.165) is 28.8 Å². The van der Waals surface area contributed by atoms with Crippen molar-refractivity contribution < 1.29 is 27.5 Å². The Bertz CT molecular complexity index is 1480. The molecule has 0 aliphatic carbocycles. The number of anilines is 1. The molecule has 0 spiro atoms. The predicted octanol–water partition coefficient (Wildman–Crippen LogP) is 5.26. The van der Waals surface area contributed by atoms with Gasteiger partial charge in [0.1, 0.15) is 17.3 Å². The number of benzene rings is 2. The van der Waals surface area contributed by atoms with Crippen molar-refractivity contribution in [2.45, 2.75) is 6.18 Å². The van der Waals surface area contributed by atoms with Gasteiger partial charge in [0.15, 0.2) is 4.32 Å². The smallest absolute Gasteiger partial charge is 0.416 e. The van der Waals surface area contributed by atoms with Gasteiger partial charge in [0.25, 0.3) is 5.91 Å². The number of alkyl halides is 3. The summed E-state index contributed by atoms with van der Waals surface area (Å²) in [5.41, 5.74) is 0.108. The average molecular weight is 515 g/mol. The number of hydrogen-bond donors (Lipinski definition) is 2. The van der Waals surface area contributed by atoms with Gasteiger partial charge in [0.2, 0.25) is 5.82 Å². The second-order valence-electron chi connectivity index (χ2n) is 7.23. The molecular weight excluding hydrogens is 503 g/mol. The molecular formula is C22H12F3N5O3S2. The third-order valence-electron chi connectivity index (χ3n) is 4.99. The molecule has 0 radical (unpaired) electrons. The molecule has 2 aromatic heterocycles. The number of furan rings is 1. The number of thioether (sulfide) groups is 1. The number of phenolic OH excluding ortho intramolecular Hbond substituents is 1. The van der Waals surface area contributed by atoms with Crippen molar-refractivity contribution in [2.75, 3.05) is 4.90 Å². The number of nitrogens with zero attached hydrogens (tertiary/aromatic N) is 4. The van der Waals surface area contributed by atoms with E-state index in [0.29, 0.717) is 22.6 Å². The fourth-order valence-corrected chi connectivity index (χ4v) is 4.65. The molecule has 0 bridgehead atoms. The molecule has 5 rings (SSSR count). The number of tetrazole rings is 1. The lowest BCUT2D eigenvalue weighted by atomic mass is 10.1. The van der Waals surface area contributed by atoms with Crippen molar-refractivity contribution in [1.82, 2.24) is 20.6 Å². The highest BCUT2D eigenvalue weighted by Gasteiger charge is 2.36. The lowest BCUT2D eigenvalue weighted by Gasteiger charge is -2.16. The molecule has 35 heavy (non-hydrogen) atoms. The molecule has 2 N–H and O–H groups in total. The summed E-state index contributed by atoms with van der Waals surface area (Å²) < 4.78 is 45.2. The molecule has 0 saturated carbocycles. The Balaban J connectivity index is 1.42. The average Bonchev–Trinajstić information content (AvgIpc) is 3.56. The summed E-state index contributed by atoms with van der Waals surface area (Å²) in [6.07, 6.45) is -3.08. The van der Waals surface area contributed by atoms with Crippen LogP contribution in [-0.2, 0) is 11.0 Å². The van der Waals surface area contributed by atoms with E-state index in [2.05, 4.69) is 20.6 Å². The lowest BCUT2D eigenvalue weighted by molar-refractivity contribution is -0.137. The SMILES string of the molecule is O=C1/C(=C/c2ccc(-c3ccc(O)c(-c4nn[nH]n4)c3)o2)SC(=S)N1c1cccc(C(F)(F)F)c1. The van der Waals surface area contributed by atoms with Crippen LogP contribution in [0.15, 0.2) is 63.9 Å². The minimum atomic E-state index is -4.55. The third-order valence-corrected chi connectivity index (χ3v) is 6.30. The summed E-state index contributed by atoms with van der Waals surface area (Å²) in [6, 6.07) is 12.4. The maximum Gasteiger partial charge on any atom is 0.416 e. The highest BCUT2D eigenvalue weighted by molar-refractivity contribution is 8.27. The highest BCUT2D eigenvalue weighted by atomic mass is 32.2. The summed E-state index contributed by atoms with van der Waals surface area (Å²) in [6.45, 7) is 0. The minimum Gasteiger partial charge on any atom is -0.507 e. The molecule has 1 saturated heterocycles. The van der Waals surface area contributed by atoms with E-state index < -0.39 is 17.6 Å². The van der Waals surface area contributed by atoms with E-state index in [1.165, 1.54) is 24.3 Å². The molecule has 176 valence electrons. The van der Waals surface area contributed by atoms with E-state index in [9.17, 15) is 23.1 Å². The van der Waals surface area contributed by atoms with Gasteiger partial charge in [-0.25, -0.2) is 0 Å². The number of aromatic hydroxyl groups is 1. The van der Waals surface area contributed by atoms with Gasteiger partial charge in [-0.05, 0) is 53.7 Å². The molecule has 2 aromatic carbocycles. The van der Waals surface area contributed by atoms with E-state index in [-0.39, 0.29) is 26.5 Å². The number of aromatic nitrogens is 4. The van der Waals surface area contributed by atoms with Crippen molar-refractivity contribution in [3.63, 3.8) is 0 Å².